The van der Waals surface area contributed by atoms with Crippen molar-refractivity contribution in [2.24, 2.45) is 7.05 Å². The maximum absolute atomic E-state index is 12.1. The number of esters is 1. The third kappa shape index (κ3) is 3.40. The van der Waals surface area contributed by atoms with Crippen LogP contribution in [0.5, 0.6) is 5.88 Å². The molecule has 2 rings (SSSR count). The van der Waals surface area contributed by atoms with Gasteiger partial charge in [0.1, 0.15) is 5.56 Å². The molecule has 2 aromatic heterocycles. The van der Waals surface area contributed by atoms with Gasteiger partial charge in [-0.2, -0.15) is 0 Å². The minimum atomic E-state index is -0.477. The molecule has 8 heteroatoms. The number of nitrogens with zero attached hydrogens (tertiary/aromatic N) is 3. The third-order valence-electron chi connectivity index (χ3n) is 2.90. The summed E-state index contributed by atoms with van der Waals surface area (Å²) in [4.78, 5) is 27.5. The van der Waals surface area contributed by atoms with E-state index in [1.165, 1.54) is 25.1 Å². The molecule has 1 amide bonds. The van der Waals surface area contributed by atoms with Gasteiger partial charge in [-0.3, -0.25) is 14.5 Å². The zero-order valence-corrected chi connectivity index (χ0v) is 12.5. The minimum absolute atomic E-state index is 0.217. The maximum atomic E-state index is 12.1. The molecule has 0 radical (unpaired) electrons. The highest BCUT2D eigenvalue weighted by Crippen LogP contribution is 2.14. The number of aryl methyl sites for hydroxylation is 1. The zero-order chi connectivity index (χ0) is 16.1. The van der Waals surface area contributed by atoms with Gasteiger partial charge >= 0.3 is 5.97 Å². The average molecular weight is 304 g/mol. The Hall–Kier alpha value is -2.90. The van der Waals surface area contributed by atoms with Gasteiger partial charge in [-0.1, -0.05) is 0 Å². The molecule has 116 valence electrons. The second-order valence-electron chi connectivity index (χ2n) is 4.48. The Morgan fingerprint density at radius 2 is 2.09 bits per heavy atom. The molecule has 0 aliphatic carbocycles. The quantitative estimate of drug-likeness (QED) is 0.810. The molecule has 1 N–H and O–H groups in total. The van der Waals surface area contributed by atoms with Crippen LogP contribution >= 0.6 is 0 Å². The van der Waals surface area contributed by atoms with Crippen molar-refractivity contribution in [3.05, 3.63) is 41.3 Å². The number of methoxy groups -OCH3 is 2. The molecule has 0 atom stereocenters. The largest absolute Gasteiger partial charge is 0.479 e. The Balaban J connectivity index is 2.06. The van der Waals surface area contributed by atoms with E-state index in [0.717, 1.165) is 0 Å². The Kier molecular flexibility index (Phi) is 4.72. The third-order valence-corrected chi connectivity index (χ3v) is 2.90. The fourth-order valence-corrected chi connectivity index (χ4v) is 1.87. The van der Waals surface area contributed by atoms with E-state index in [9.17, 15) is 9.59 Å². The first-order chi connectivity index (χ1) is 10.5. The monoisotopic (exact) mass is 304 g/mol. The lowest BCUT2D eigenvalue weighted by Gasteiger charge is -2.06. The molecule has 8 nitrogen and oxygen atoms in total. The second-order valence-corrected chi connectivity index (χ2v) is 4.48. The van der Waals surface area contributed by atoms with Crippen molar-refractivity contribution in [3.8, 4) is 5.88 Å². The summed E-state index contributed by atoms with van der Waals surface area (Å²) in [7, 11) is 4.44. The number of carbonyl (C=O) groups is 2. The fourth-order valence-electron chi connectivity index (χ4n) is 1.87. The smallest absolute Gasteiger partial charge is 0.339 e. The molecule has 0 fully saturated rings. The van der Waals surface area contributed by atoms with Crippen LogP contribution in [0.4, 0.5) is 0 Å². The van der Waals surface area contributed by atoms with E-state index < -0.39 is 5.97 Å². The van der Waals surface area contributed by atoms with Crippen molar-refractivity contribution in [1.82, 2.24) is 20.1 Å². The predicted molar refractivity (Wildman–Crippen MR) is 76.5 cm³/mol. The molecule has 0 spiro atoms. The lowest BCUT2D eigenvalue weighted by molar-refractivity contribution is 0.0600. The summed E-state index contributed by atoms with van der Waals surface area (Å²) in [6, 6.07) is 1.61. The maximum Gasteiger partial charge on any atom is 0.339 e. The first-order valence-corrected chi connectivity index (χ1v) is 6.43. The van der Waals surface area contributed by atoms with Crippen LogP contribution in [-0.4, -0.2) is 40.9 Å². The number of rotatable bonds is 5. The van der Waals surface area contributed by atoms with E-state index in [0.29, 0.717) is 16.7 Å². The summed E-state index contributed by atoms with van der Waals surface area (Å²) in [5.41, 5.74) is 1.34. The number of carbonyl (C=O) groups excluding carboxylic acids is 2. The molecule has 0 unspecified atom stereocenters. The van der Waals surface area contributed by atoms with Crippen molar-refractivity contribution in [3.63, 3.8) is 0 Å². The van der Waals surface area contributed by atoms with Gasteiger partial charge in [-0.05, 0) is 11.6 Å². The Labute approximate surface area is 127 Å². The number of hydrogen-bond donors (Lipinski definition) is 1. The van der Waals surface area contributed by atoms with Crippen LogP contribution in [0.3, 0.4) is 0 Å². The van der Waals surface area contributed by atoms with Gasteiger partial charge < -0.3 is 14.8 Å². The lowest BCUT2D eigenvalue weighted by Crippen LogP contribution is -2.23. The van der Waals surface area contributed by atoms with Crippen LogP contribution in [-0.2, 0) is 18.3 Å². The average Bonchev–Trinajstić information content (AvgIpc) is 2.93. The summed E-state index contributed by atoms with van der Waals surface area (Å²) in [6.07, 6.45) is 4.53. The second kappa shape index (κ2) is 6.70. The van der Waals surface area contributed by atoms with E-state index in [2.05, 4.69) is 20.1 Å². The lowest BCUT2D eigenvalue weighted by atomic mass is 10.2. The molecule has 0 aliphatic heterocycles. The van der Waals surface area contributed by atoms with Gasteiger partial charge in [-0.25, -0.2) is 4.79 Å². The first-order valence-electron chi connectivity index (χ1n) is 6.43. The van der Waals surface area contributed by atoms with Crippen LogP contribution in [0, 0.1) is 0 Å². The highest BCUT2D eigenvalue weighted by Gasteiger charge is 2.16. The SMILES string of the molecule is COC(=O)c1cncc(CNC(=O)c2cn(C)nc2OC)c1. The molecule has 2 heterocycles. The summed E-state index contributed by atoms with van der Waals surface area (Å²) < 4.78 is 11.2. The van der Waals surface area contributed by atoms with E-state index >= 15 is 0 Å². The predicted octanol–water partition coefficient (Wildman–Crippen LogP) is 0.540. The van der Waals surface area contributed by atoms with Gasteiger partial charge in [0, 0.05) is 32.2 Å². The van der Waals surface area contributed by atoms with Gasteiger partial charge in [-0.15, -0.1) is 5.10 Å². The molecule has 0 saturated heterocycles. The fraction of sp³-hybridized carbons (Fsp3) is 0.286. The van der Waals surface area contributed by atoms with E-state index in [1.807, 2.05) is 0 Å². The van der Waals surface area contributed by atoms with Crippen molar-refractivity contribution >= 4 is 11.9 Å². The Bertz CT molecular complexity index is 696. The minimum Gasteiger partial charge on any atom is -0.479 e. The van der Waals surface area contributed by atoms with Crippen LogP contribution < -0.4 is 10.1 Å². The van der Waals surface area contributed by atoms with Crippen molar-refractivity contribution in [1.29, 1.82) is 0 Å². The van der Waals surface area contributed by atoms with Crippen LogP contribution in [0.2, 0.25) is 0 Å². The summed E-state index contributed by atoms with van der Waals surface area (Å²) in [5.74, 6) is -0.551. The van der Waals surface area contributed by atoms with E-state index in [1.54, 1.807) is 25.5 Å². The number of amides is 1. The number of pyridine rings is 1. The summed E-state index contributed by atoms with van der Waals surface area (Å²) in [6.45, 7) is 0.217. The van der Waals surface area contributed by atoms with Crippen molar-refractivity contribution in [2.45, 2.75) is 6.54 Å². The zero-order valence-electron chi connectivity index (χ0n) is 12.5. The topological polar surface area (TPSA) is 95.3 Å². The van der Waals surface area contributed by atoms with Gasteiger partial charge in [0.15, 0.2) is 0 Å². The Morgan fingerprint density at radius 3 is 2.77 bits per heavy atom. The molecule has 0 aromatic carbocycles. The van der Waals surface area contributed by atoms with E-state index in [-0.39, 0.29) is 18.3 Å². The number of ether oxygens (including phenoxy) is 2. The van der Waals surface area contributed by atoms with E-state index in [4.69, 9.17) is 4.74 Å². The number of nitrogens with one attached hydrogen (secondary N) is 1. The Morgan fingerprint density at radius 1 is 1.32 bits per heavy atom. The van der Waals surface area contributed by atoms with Crippen LogP contribution in [0.15, 0.2) is 24.7 Å². The van der Waals surface area contributed by atoms with Gasteiger partial charge in [0.25, 0.3) is 5.91 Å². The summed E-state index contributed by atoms with van der Waals surface area (Å²) >= 11 is 0. The molecule has 22 heavy (non-hydrogen) atoms. The molecule has 0 saturated carbocycles. The molecule has 0 aliphatic rings. The van der Waals surface area contributed by atoms with Gasteiger partial charge in [0.05, 0.1) is 19.8 Å². The highest BCUT2D eigenvalue weighted by atomic mass is 16.5. The number of aromatic nitrogens is 3. The normalized spacial score (nSPS) is 10.1. The molecule has 2 aromatic rings. The number of hydrogen-bond acceptors (Lipinski definition) is 6. The molecular formula is C14H16N4O4. The first kappa shape index (κ1) is 15.5. The standard InChI is InChI=1S/C14H16N4O4/c1-18-8-11(13(17-18)21-2)12(19)16-6-9-4-10(7-15-5-9)14(20)22-3/h4-5,7-8H,6H2,1-3H3,(H,16,19). The molecular weight excluding hydrogens is 288 g/mol. The van der Waals surface area contributed by atoms with Crippen LogP contribution in [0.25, 0.3) is 0 Å². The summed E-state index contributed by atoms with van der Waals surface area (Å²) in [5, 5.41) is 6.74. The molecule has 0 bridgehead atoms. The van der Waals surface area contributed by atoms with Crippen LogP contribution in [0.1, 0.15) is 26.3 Å². The van der Waals surface area contributed by atoms with Crippen molar-refractivity contribution < 1.29 is 19.1 Å². The van der Waals surface area contributed by atoms with Gasteiger partial charge in [0.2, 0.25) is 5.88 Å². The highest BCUT2D eigenvalue weighted by molar-refractivity contribution is 5.96. The van der Waals surface area contributed by atoms with Crippen molar-refractivity contribution in [2.75, 3.05) is 14.2 Å².